The summed E-state index contributed by atoms with van der Waals surface area (Å²) >= 11 is 0. The van der Waals surface area contributed by atoms with Crippen LogP contribution < -0.4 is 14.8 Å². The summed E-state index contributed by atoms with van der Waals surface area (Å²) in [4.78, 5) is 23.3. The molecule has 2 aromatic carbocycles. The summed E-state index contributed by atoms with van der Waals surface area (Å²) in [7, 11) is 1.56. The molecule has 0 bridgehead atoms. The second kappa shape index (κ2) is 9.46. The van der Waals surface area contributed by atoms with Crippen molar-refractivity contribution in [2.24, 2.45) is 0 Å². The summed E-state index contributed by atoms with van der Waals surface area (Å²) in [6, 6.07) is 11.7. The molecule has 26 heavy (non-hydrogen) atoms. The zero-order valence-electron chi connectivity index (χ0n) is 15.0. The Kier molecular flexibility index (Phi) is 7.02. The highest BCUT2D eigenvalue weighted by molar-refractivity contribution is 5.97. The zero-order valence-corrected chi connectivity index (χ0v) is 15.0. The molecule has 0 spiro atoms. The van der Waals surface area contributed by atoms with Gasteiger partial charge in [0.15, 0.2) is 0 Å². The minimum Gasteiger partial charge on any atom is -0.497 e. The number of methoxy groups -OCH3 is 1. The summed E-state index contributed by atoms with van der Waals surface area (Å²) in [6.07, 6.45) is 1.44. The normalized spacial score (nSPS) is 10.2. The third kappa shape index (κ3) is 5.24. The highest BCUT2D eigenvalue weighted by atomic mass is 16.5. The first-order valence-electron chi connectivity index (χ1n) is 8.46. The van der Waals surface area contributed by atoms with Crippen LogP contribution in [-0.4, -0.2) is 37.2 Å². The van der Waals surface area contributed by atoms with E-state index in [1.54, 1.807) is 49.6 Å². The molecule has 0 aliphatic carbocycles. The Morgan fingerprint density at radius 3 is 2.46 bits per heavy atom. The number of hydrogen-bond acceptors (Lipinski definition) is 4. The Morgan fingerprint density at radius 1 is 1.12 bits per heavy atom. The molecular formula is C20H23NO5. The number of benzene rings is 2. The van der Waals surface area contributed by atoms with Crippen LogP contribution in [0.4, 0.5) is 0 Å². The molecule has 138 valence electrons. The van der Waals surface area contributed by atoms with Crippen molar-refractivity contribution < 1.29 is 24.2 Å². The second-order valence-electron chi connectivity index (χ2n) is 5.72. The number of hydrogen-bond donors (Lipinski definition) is 2. The monoisotopic (exact) mass is 357 g/mol. The first-order valence-corrected chi connectivity index (χ1v) is 8.46. The largest absolute Gasteiger partial charge is 0.497 e. The van der Waals surface area contributed by atoms with Crippen molar-refractivity contribution in [1.29, 1.82) is 0 Å². The molecule has 0 aliphatic rings. The van der Waals surface area contributed by atoms with Crippen molar-refractivity contribution in [1.82, 2.24) is 5.32 Å². The maximum atomic E-state index is 12.5. The van der Waals surface area contributed by atoms with Crippen molar-refractivity contribution >= 4 is 11.9 Å². The van der Waals surface area contributed by atoms with Gasteiger partial charge >= 0.3 is 5.97 Å². The number of carbonyl (C=O) groups excluding carboxylic acids is 1. The average molecular weight is 357 g/mol. The van der Waals surface area contributed by atoms with E-state index in [1.165, 1.54) is 0 Å². The molecule has 0 aliphatic heterocycles. The van der Waals surface area contributed by atoms with Crippen LogP contribution in [0.2, 0.25) is 0 Å². The maximum Gasteiger partial charge on any atom is 0.335 e. The van der Waals surface area contributed by atoms with Gasteiger partial charge < -0.3 is 19.9 Å². The molecule has 2 aromatic rings. The van der Waals surface area contributed by atoms with Gasteiger partial charge in [0, 0.05) is 12.6 Å². The summed E-state index contributed by atoms with van der Waals surface area (Å²) in [6.45, 7) is 2.95. The van der Waals surface area contributed by atoms with Crippen LogP contribution in [0.3, 0.4) is 0 Å². The molecule has 1 amide bonds. The summed E-state index contributed by atoms with van der Waals surface area (Å²) in [5.41, 5.74) is 1.65. The van der Waals surface area contributed by atoms with E-state index in [0.717, 1.165) is 12.0 Å². The highest BCUT2D eigenvalue weighted by Gasteiger charge is 2.13. The van der Waals surface area contributed by atoms with E-state index >= 15 is 0 Å². The quantitative estimate of drug-likeness (QED) is 0.720. The Bertz CT molecular complexity index is 755. The molecule has 0 heterocycles. The molecule has 2 rings (SSSR count). The van der Waals surface area contributed by atoms with E-state index in [0.29, 0.717) is 36.6 Å². The molecule has 0 fully saturated rings. The number of carboxylic acids is 1. The topological polar surface area (TPSA) is 84.9 Å². The van der Waals surface area contributed by atoms with E-state index < -0.39 is 5.97 Å². The van der Waals surface area contributed by atoms with Gasteiger partial charge in [0.25, 0.3) is 5.91 Å². The Hall–Kier alpha value is -3.02. The van der Waals surface area contributed by atoms with Gasteiger partial charge in [-0.05, 0) is 42.7 Å². The van der Waals surface area contributed by atoms with Crippen LogP contribution in [-0.2, 0) is 6.42 Å². The Morgan fingerprint density at radius 2 is 1.85 bits per heavy atom. The smallest absolute Gasteiger partial charge is 0.335 e. The van der Waals surface area contributed by atoms with E-state index in [4.69, 9.17) is 14.6 Å². The number of rotatable bonds is 9. The number of ether oxygens (including phenoxy) is 2. The lowest BCUT2D eigenvalue weighted by atomic mass is 10.1. The molecule has 0 radical (unpaired) electrons. The first kappa shape index (κ1) is 19.3. The number of nitrogens with one attached hydrogen (secondary N) is 1. The Labute approximate surface area is 152 Å². The van der Waals surface area contributed by atoms with E-state index in [1.807, 2.05) is 6.92 Å². The van der Waals surface area contributed by atoms with Crippen LogP contribution >= 0.6 is 0 Å². The molecule has 0 saturated heterocycles. The minimum absolute atomic E-state index is 0.221. The van der Waals surface area contributed by atoms with Crippen molar-refractivity contribution in [2.45, 2.75) is 19.8 Å². The summed E-state index contributed by atoms with van der Waals surface area (Å²) in [5, 5.41) is 11.8. The molecule has 0 unspecified atom stereocenters. The molecule has 6 heteroatoms. The van der Waals surface area contributed by atoms with Crippen LogP contribution in [0.5, 0.6) is 11.5 Å². The molecule has 6 nitrogen and oxygen atoms in total. The molecular weight excluding hydrogens is 334 g/mol. The van der Waals surface area contributed by atoms with Gasteiger partial charge in [-0.3, -0.25) is 4.79 Å². The second-order valence-corrected chi connectivity index (χ2v) is 5.72. The maximum absolute atomic E-state index is 12.5. The van der Waals surface area contributed by atoms with Gasteiger partial charge in [-0.25, -0.2) is 4.79 Å². The summed E-state index contributed by atoms with van der Waals surface area (Å²) < 4.78 is 10.8. The first-order chi connectivity index (χ1) is 12.5. The number of aromatic carboxylic acids is 1. The standard InChI is InChI=1S/C20H23NO5/c1-3-12-26-18-13-16(25-2)8-9-17(18)19(22)21-11-10-14-4-6-15(7-5-14)20(23)24/h4-9,13H,3,10-12H2,1-2H3,(H,21,22)(H,23,24). The molecule has 0 atom stereocenters. The molecule has 2 N–H and O–H groups in total. The molecule has 0 saturated carbocycles. The average Bonchev–Trinajstić information content (AvgIpc) is 2.66. The van der Waals surface area contributed by atoms with Crippen molar-refractivity contribution in [3.05, 3.63) is 59.2 Å². The number of amides is 1. The fourth-order valence-electron chi connectivity index (χ4n) is 2.38. The van der Waals surface area contributed by atoms with Gasteiger partial charge in [-0.2, -0.15) is 0 Å². The van der Waals surface area contributed by atoms with Gasteiger partial charge in [-0.15, -0.1) is 0 Å². The fourth-order valence-corrected chi connectivity index (χ4v) is 2.38. The predicted octanol–water partition coefficient (Wildman–Crippen LogP) is 3.15. The highest BCUT2D eigenvalue weighted by Crippen LogP contribution is 2.25. The van der Waals surface area contributed by atoms with Gasteiger partial charge in [0.2, 0.25) is 0 Å². The SMILES string of the molecule is CCCOc1cc(OC)ccc1C(=O)NCCc1ccc(C(=O)O)cc1. The van der Waals surface area contributed by atoms with E-state index in [9.17, 15) is 9.59 Å². The number of carbonyl (C=O) groups is 2. The third-order valence-electron chi connectivity index (χ3n) is 3.80. The minimum atomic E-state index is -0.955. The summed E-state index contributed by atoms with van der Waals surface area (Å²) in [5.74, 6) is -0.0504. The third-order valence-corrected chi connectivity index (χ3v) is 3.80. The van der Waals surface area contributed by atoms with Crippen molar-refractivity contribution in [3.63, 3.8) is 0 Å². The zero-order chi connectivity index (χ0) is 18.9. The van der Waals surface area contributed by atoms with Gasteiger partial charge in [0.05, 0.1) is 24.8 Å². The van der Waals surface area contributed by atoms with Crippen LogP contribution in [0, 0.1) is 0 Å². The van der Waals surface area contributed by atoms with Crippen LogP contribution in [0.15, 0.2) is 42.5 Å². The van der Waals surface area contributed by atoms with Crippen molar-refractivity contribution in [2.75, 3.05) is 20.3 Å². The lowest BCUT2D eigenvalue weighted by molar-refractivity contribution is 0.0696. The predicted molar refractivity (Wildman–Crippen MR) is 98.2 cm³/mol. The Balaban J connectivity index is 1.97. The van der Waals surface area contributed by atoms with Crippen LogP contribution in [0.1, 0.15) is 39.6 Å². The van der Waals surface area contributed by atoms with Gasteiger partial charge in [-0.1, -0.05) is 19.1 Å². The number of carboxylic acid groups (broad SMARTS) is 1. The van der Waals surface area contributed by atoms with E-state index in [-0.39, 0.29) is 11.5 Å². The fraction of sp³-hybridized carbons (Fsp3) is 0.300. The van der Waals surface area contributed by atoms with Gasteiger partial charge in [0.1, 0.15) is 11.5 Å². The lowest BCUT2D eigenvalue weighted by Crippen LogP contribution is -2.26. The lowest BCUT2D eigenvalue weighted by Gasteiger charge is -2.13. The van der Waals surface area contributed by atoms with Crippen molar-refractivity contribution in [3.8, 4) is 11.5 Å². The van der Waals surface area contributed by atoms with E-state index in [2.05, 4.69) is 5.32 Å². The van der Waals surface area contributed by atoms with Crippen LogP contribution in [0.25, 0.3) is 0 Å². The molecule has 0 aromatic heterocycles.